The van der Waals surface area contributed by atoms with E-state index in [0.717, 1.165) is 0 Å². The van der Waals surface area contributed by atoms with Crippen LogP contribution in [0.1, 0.15) is 6.92 Å². The van der Waals surface area contributed by atoms with Crippen molar-refractivity contribution in [2.45, 2.75) is 13.0 Å². The lowest BCUT2D eigenvalue weighted by molar-refractivity contribution is -0.428. The number of fused-ring (bicyclic) bond motifs is 1. The average molecular weight is 221 g/mol. The molecular weight excluding hydrogens is 214 g/mol. The van der Waals surface area contributed by atoms with Gasteiger partial charge in [0, 0.05) is 12.5 Å². The van der Waals surface area contributed by atoms with E-state index in [0.29, 0.717) is 5.57 Å². The second-order valence-corrected chi connectivity index (χ2v) is 3.23. The summed E-state index contributed by atoms with van der Waals surface area (Å²) < 4.78 is 4.80. The topological polar surface area (TPSA) is 94.2 Å². The third-order valence-electron chi connectivity index (χ3n) is 2.06. The Morgan fingerprint density at radius 1 is 1.56 bits per heavy atom. The Kier molecular flexibility index (Phi) is 2.35. The van der Waals surface area contributed by atoms with Crippen LogP contribution in [0.5, 0.6) is 0 Å². The molecular formula is C9H7N3O4. The lowest BCUT2D eigenvalue weighted by Crippen LogP contribution is -2.19. The number of ether oxygens (including phenoxy) is 1. The Morgan fingerprint density at radius 3 is 2.94 bits per heavy atom. The number of esters is 1. The van der Waals surface area contributed by atoms with E-state index >= 15 is 0 Å². The molecule has 1 heterocycles. The second-order valence-electron chi connectivity index (χ2n) is 3.23. The zero-order valence-corrected chi connectivity index (χ0v) is 8.28. The fraction of sp³-hybridized carbons (Fsp3) is 0.222. The molecule has 0 aromatic rings. The molecule has 0 radical (unpaired) electrons. The summed E-state index contributed by atoms with van der Waals surface area (Å²) in [5.41, 5.74) is 0.400. The van der Waals surface area contributed by atoms with E-state index in [1.165, 1.54) is 25.3 Å². The fourth-order valence-electron chi connectivity index (χ4n) is 1.46. The number of nitrogens with zero attached hydrogens (tertiary/aromatic N) is 3. The Morgan fingerprint density at radius 2 is 2.31 bits per heavy atom. The Balaban J connectivity index is 2.36. The van der Waals surface area contributed by atoms with Crippen LogP contribution in [0, 0.1) is 10.1 Å². The molecule has 1 atom stereocenters. The molecule has 0 aromatic carbocycles. The van der Waals surface area contributed by atoms with Gasteiger partial charge in [-0.15, -0.1) is 0 Å². The molecule has 1 aliphatic carbocycles. The van der Waals surface area contributed by atoms with Gasteiger partial charge >= 0.3 is 5.97 Å². The van der Waals surface area contributed by atoms with Gasteiger partial charge in [0.15, 0.2) is 6.04 Å². The van der Waals surface area contributed by atoms with Crippen molar-refractivity contribution in [3.8, 4) is 0 Å². The Labute approximate surface area is 90.0 Å². The minimum atomic E-state index is -0.686. The molecule has 0 aromatic heterocycles. The van der Waals surface area contributed by atoms with Gasteiger partial charge < -0.3 is 4.74 Å². The van der Waals surface area contributed by atoms with Crippen LogP contribution in [-0.2, 0) is 9.53 Å². The predicted octanol–water partition coefficient (Wildman–Crippen LogP) is 1.33. The molecule has 16 heavy (non-hydrogen) atoms. The summed E-state index contributed by atoms with van der Waals surface area (Å²) in [5.74, 6) is -0.398. The standard InChI is InChI=1S/C9H7N3O4/c1-5(13)16-7-2-6-4-10-11-9(6)8(3-7)12(14)15/h2-4,9H,1H3/t9-/m0/s1. The molecule has 7 heteroatoms. The summed E-state index contributed by atoms with van der Waals surface area (Å²) in [4.78, 5) is 21.0. The SMILES string of the molecule is CC(=O)OC1=CC2=CN=N[C@@H]2C([N+](=O)[O-])=C1. The summed E-state index contributed by atoms with van der Waals surface area (Å²) in [7, 11) is 0. The van der Waals surface area contributed by atoms with Crippen LogP contribution in [0.4, 0.5) is 0 Å². The Hall–Kier alpha value is -2.31. The van der Waals surface area contributed by atoms with Gasteiger partial charge in [-0.3, -0.25) is 14.9 Å². The van der Waals surface area contributed by atoms with E-state index in [2.05, 4.69) is 10.2 Å². The normalized spacial score (nSPS) is 21.8. The van der Waals surface area contributed by atoms with E-state index in [1.54, 1.807) is 0 Å². The molecule has 0 saturated carbocycles. The highest BCUT2D eigenvalue weighted by Crippen LogP contribution is 2.30. The first-order valence-corrected chi connectivity index (χ1v) is 4.44. The van der Waals surface area contributed by atoms with Crippen molar-refractivity contribution in [1.82, 2.24) is 0 Å². The van der Waals surface area contributed by atoms with Crippen LogP contribution in [0.15, 0.2) is 45.6 Å². The smallest absolute Gasteiger partial charge is 0.308 e. The number of rotatable bonds is 2. The number of hydrogen-bond donors (Lipinski definition) is 0. The van der Waals surface area contributed by atoms with Crippen molar-refractivity contribution in [3.05, 3.63) is 45.5 Å². The lowest BCUT2D eigenvalue weighted by Gasteiger charge is -2.12. The molecule has 7 nitrogen and oxygen atoms in total. The Bertz CT molecular complexity index is 487. The fourth-order valence-corrected chi connectivity index (χ4v) is 1.46. The van der Waals surface area contributed by atoms with Gasteiger partial charge in [-0.2, -0.15) is 10.2 Å². The molecule has 0 unspecified atom stereocenters. The van der Waals surface area contributed by atoms with Crippen LogP contribution in [0.3, 0.4) is 0 Å². The largest absolute Gasteiger partial charge is 0.426 e. The van der Waals surface area contributed by atoms with Gasteiger partial charge in [-0.25, -0.2) is 0 Å². The first-order chi connectivity index (χ1) is 7.58. The van der Waals surface area contributed by atoms with Crippen molar-refractivity contribution in [2.24, 2.45) is 10.2 Å². The van der Waals surface area contributed by atoms with Gasteiger partial charge in [-0.1, -0.05) is 0 Å². The van der Waals surface area contributed by atoms with Crippen molar-refractivity contribution in [1.29, 1.82) is 0 Å². The van der Waals surface area contributed by atoms with E-state index in [-0.39, 0.29) is 11.5 Å². The summed E-state index contributed by atoms with van der Waals surface area (Å²) >= 11 is 0. The third-order valence-corrected chi connectivity index (χ3v) is 2.06. The monoisotopic (exact) mass is 221 g/mol. The molecule has 0 bridgehead atoms. The first kappa shape index (κ1) is 10.2. The van der Waals surface area contributed by atoms with E-state index in [9.17, 15) is 14.9 Å². The quantitative estimate of drug-likeness (QED) is 0.399. The minimum Gasteiger partial charge on any atom is -0.426 e. The highest BCUT2D eigenvalue weighted by Gasteiger charge is 2.34. The molecule has 2 rings (SSSR count). The molecule has 0 N–H and O–H groups in total. The van der Waals surface area contributed by atoms with Gasteiger partial charge in [0.2, 0.25) is 0 Å². The summed E-state index contributed by atoms with van der Waals surface area (Å²) in [6.45, 7) is 1.23. The van der Waals surface area contributed by atoms with Crippen LogP contribution < -0.4 is 0 Å². The minimum absolute atomic E-state index is 0.133. The summed E-state index contributed by atoms with van der Waals surface area (Å²) in [6.07, 6.45) is 4.11. The first-order valence-electron chi connectivity index (χ1n) is 4.44. The zero-order valence-electron chi connectivity index (χ0n) is 8.28. The van der Waals surface area contributed by atoms with Crippen molar-refractivity contribution in [2.75, 3.05) is 0 Å². The maximum Gasteiger partial charge on any atom is 0.308 e. The molecule has 0 spiro atoms. The average Bonchev–Trinajstić information content (AvgIpc) is 2.62. The van der Waals surface area contributed by atoms with Gasteiger partial charge in [0.25, 0.3) is 5.70 Å². The van der Waals surface area contributed by atoms with Gasteiger partial charge in [-0.05, 0) is 6.08 Å². The van der Waals surface area contributed by atoms with Crippen molar-refractivity contribution >= 4 is 5.97 Å². The lowest BCUT2D eigenvalue weighted by atomic mass is 10.0. The second kappa shape index (κ2) is 3.69. The van der Waals surface area contributed by atoms with Gasteiger partial charge in [0.05, 0.1) is 17.2 Å². The van der Waals surface area contributed by atoms with Crippen LogP contribution >= 0.6 is 0 Å². The molecule has 0 saturated heterocycles. The number of azo groups is 1. The van der Waals surface area contributed by atoms with Gasteiger partial charge in [0.1, 0.15) is 5.76 Å². The predicted molar refractivity (Wildman–Crippen MR) is 51.7 cm³/mol. The van der Waals surface area contributed by atoms with Crippen LogP contribution in [0.25, 0.3) is 0 Å². The maximum absolute atomic E-state index is 10.8. The number of hydrogen-bond acceptors (Lipinski definition) is 6. The maximum atomic E-state index is 10.8. The summed E-state index contributed by atoms with van der Waals surface area (Å²) in [6, 6.07) is -0.686. The van der Waals surface area contributed by atoms with Crippen LogP contribution in [-0.4, -0.2) is 16.9 Å². The van der Waals surface area contributed by atoms with Crippen molar-refractivity contribution in [3.63, 3.8) is 0 Å². The van der Waals surface area contributed by atoms with Crippen molar-refractivity contribution < 1.29 is 14.5 Å². The number of allylic oxidation sites excluding steroid dienone is 1. The molecule has 0 fully saturated rings. The van der Waals surface area contributed by atoms with E-state index in [4.69, 9.17) is 4.74 Å². The number of carbonyl (C=O) groups excluding carboxylic acids is 1. The summed E-state index contributed by atoms with van der Waals surface area (Å²) in [5, 5.41) is 18.1. The molecule has 1 aliphatic heterocycles. The number of carbonyl (C=O) groups is 1. The van der Waals surface area contributed by atoms with E-state index in [1.807, 2.05) is 0 Å². The number of nitro groups is 1. The highest BCUT2D eigenvalue weighted by molar-refractivity contribution is 5.68. The van der Waals surface area contributed by atoms with Crippen LogP contribution in [0.2, 0.25) is 0 Å². The molecule has 82 valence electrons. The zero-order chi connectivity index (χ0) is 11.7. The highest BCUT2D eigenvalue weighted by atomic mass is 16.6. The molecule has 0 amide bonds. The third kappa shape index (κ3) is 1.74. The van der Waals surface area contributed by atoms with E-state index < -0.39 is 16.9 Å². The molecule has 2 aliphatic rings.